The van der Waals surface area contributed by atoms with Crippen molar-refractivity contribution in [2.45, 2.75) is 19.6 Å². The Morgan fingerprint density at radius 3 is 2.59 bits per heavy atom. The van der Waals surface area contributed by atoms with Crippen molar-refractivity contribution in [2.75, 3.05) is 0 Å². The molecule has 0 aliphatic carbocycles. The zero-order valence-electron chi connectivity index (χ0n) is 9.51. The van der Waals surface area contributed by atoms with E-state index in [1.54, 1.807) is 6.20 Å². The fraction of sp³-hybridized carbons (Fsp3) is 0.231. The fourth-order valence-corrected chi connectivity index (χ4v) is 1.54. The molecule has 1 unspecified atom stereocenters. The van der Waals surface area contributed by atoms with E-state index in [0.29, 0.717) is 11.8 Å². The van der Waals surface area contributed by atoms with Crippen LogP contribution >= 0.6 is 11.6 Å². The second kappa shape index (κ2) is 5.75. The summed E-state index contributed by atoms with van der Waals surface area (Å²) < 4.78 is 5.71. The van der Waals surface area contributed by atoms with Gasteiger partial charge in [0, 0.05) is 0 Å². The van der Waals surface area contributed by atoms with Crippen LogP contribution in [0.1, 0.15) is 24.3 Å². The van der Waals surface area contributed by atoms with E-state index >= 15 is 0 Å². The Balaban J connectivity index is 1.92. The van der Waals surface area contributed by atoms with Crippen molar-refractivity contribution < 1.29 is 4.74 Å². The van der Waals surface area contributed by atoms with Crippen LogP contribution < -0.4 is 0 Å². The number of benzene rings is 1. The van der Waals surface area contributed by atoms with E-state index in [1.807, 2.05) is 37.3 Å². The molecule has 0 aliphatic heterocycles. The van der Waals surface area contributed by atoms with Gasteiger partial charge in [-0.05, 0) is 12.5 Å². The molecule has 2 aromatic rings. The summed E-state index contributed by atoms with van der Waals surface area (Å²) >= 11 is 5.66. The number of hydrogen-bond acceptors (Lipinski definition) is 3. The zero-order chi connectivity index (χ0) is 12.1. The van der Waals surface area contributed by atoms with E-state index in [4.69, 9.17) is 16.3 Å². The minimum Gasteiger partial charge on any atom is -0.367 e. The van der Waals surface area contributed by atoms with Crippen LogP contribution in [-0.2, 0) is 11.3 Å². The van der Waals surface area contributed by atoms with Crippen molar-refractivity contribution in [1.29, 1.82) is 0 Å². The lowest BCUT2D eigenvalue weighted by Crippen LogP contribution is -2.02. The number of rotatable bonds is 4. The van der Waals surface area contributed by atoms with Gasteiger partial charge in [-0.2, -0.15) is 0 Å². The van der Waals surface area contributed by atoms with Crippen molar-refractivity contribution in [3.63, 3.8) is 0 Å². The smallest absolute Gasteiger partial charge is 0.147 e. The Bertz CT molecular complexity index is 459. The Kier molecular flexibility index (Phi) is 4.07. The van der Waals surface area contributed by atoms with Crippen molar-refractivity contribution in [3.05, 3.63) is 59.1 Å². The van der Waals surface area contributed by atoms with Crippen molar-refractivity contribution in [1.82, 2.24) is 9.97 Å². The summed E-state index contributed by atoms with van der Waals surface area (Å²) in [6.07, 6.45) is 3.18. The summed E-state index contributed by atoms with van der Waals surface area (Å²) in [7, 11) is 0. The predicted molar refractivity (Wildman–Crippen MR) is 66.7 cm³/mol. The zero-order valence-corrected chi connectivity index (χ0v) is 10.3. The molecule has 0 bridgehead atoms. The summed E-state index contributed by atoms with van der Waals surface area (Å²) in [4.78, 5) is 8.08. The highest BCUT2D eigenvalue weighted by molar-refractivity contribution is 6.29. The second-order valence-corrected chi connectivity index (χ2v) is 4.08. The van der Waals surface area contributed by atoms with Crippen LogP contribution in [0.15, 0.2) is 42.7 Å². The summed E-state index contributed by atoms with van der Waals surface area (Å²) in [6, 6.07) is 10.1. The average molecular weight is 249 g/mol. The van der Waals surface area contributed by atoms with Gasteiger partial charge in [0.15, 0.2) is 0 Å². The molecule has 0 saturated heterocycles. The first-order valence-electron chi connectivity index (χ1n) is 5.38. The van der Waals surface area contributed by atoms with Crippen LogP contribution in [0.2, 0.25) is 5.15 Å². The fourth-order valence-electron chi connectivity index (χ4n) is 1.44. The van der Waals surface area contributed by atoms with Crippen molar-refractivity contribution in [3.8, 4) is 0 Å². The topological polar surface area (TPSA) is 35.0 Å². The van der Waals surface area contributed by atoms with Gasteiger partial charge in [0.1, 0.15) is 5.15 Å². The average Bonchev–Trinajstić information content (AvgIpc) is 2.39. The monoisotopic (exact) mass is 248 g/mol. The summed E-state index contributed by atoms with van der Waals surface area (Å²) in [5, 5.41) is 0.393. The number of nitrogens with zero attached hydrogens (tertiary/aromatic N) is 2. The first-order chi connectivity index (χ1) is 8.25. The number of halogens is 1. The molecule has 17 heavy (non-hydrogen) atoms. The lowest BCUT2D eigenvalue weighted by molar-refractivity contribution is 0.0503. The number of ether oxygens (including phenoxy) is 1. The maximum Gasteiger partial charge on any atom is 0.147 e. The molecule has 0 spiro atoms. The largest absolute Gasteiger partial charge is 0.367 e. The van der Waals surface area contributed by atoms with Crippen LogP contribution in [-0.4, -0.2) is 9.97 Å². The van der Waals surface area contributed by atoms with E-state index in [1.165, 1.54) is 6.20 Å². The number of aromatic nitrogens is 2. The van der Waals surface area contributed by atoms with E-state index in [2.05, 4.69) is 9.97 Å². The van der Waals surface area contributed by atoms with Crippen LogP contribution in [0.3, 0.4) is 0 Å². The molecule has 1 heterocycles. The molecule has 0 radical (unpaired) electrons. The van der Waals surface area contributed by atoms with Gasteiger partial charge in [-0.3, -0.25) is 4.98 Å². The maximum atomic E-state index is 5.71. The van der Waals surface area contributed by atoms with Crippen molar-refractivity contribution >= 4 is 11.6 Å². The lowest BCUT2D eigenvalue weighted by atomic mass is 10.1. The number of hydrogen-bond donors (Lipinski definition) is 0. The highest BCUT2D eigenvalue weighted by atomic mass is 35.5. The molecule has 1 aromatic heterocycles. The van der Waals surface area contributed by atoms with Gasteiger partial charge in [-0.15, -0.1) is 0 Å². The normalized spacial score (nSPS) is 12.4. The van der Waals surface area contributed by atoms with Gasteiger partial charge in [-0.25, -0.2) is 4.98 Å². The lowest BCUT2D eigenvalue weighted by Gasteiger charge is -2.12. The van der Waals surface area contributed by atoms with Crippen LogP contribution in [0.25, 0.3) is 0 Å². The third kappa shape index (κ3) is 3.51. The molecular weight excluding hydrogens is 236 g/mol. The van der Waals surface area contributed by atoms with E-state index in [9.17, 15) is 0 Å². The predicted octanol–water partition coefficient (Wildman–Crippen LogP) is 3.41. The molecule has 0 amide bonds. The molecular formula is C13H13ClN2O. The first kappa shape index (κ1) is 12.0. The quantitative estimate of drug-likeness (QED) is 0.832. The third-order valence-electron chi connectivity index (χ3n) is 2.42. The molecule has 1 aromatic carbocycles. The minimum absolute atomic E-state index is 0.0358. The summed E-state index contributed by atoms with van der Waals surface area (Å²) in [6.45, 7) is 2.44. The first-order valence-corrected chi connectivity index (χ1v) is 5.76. The summed E-state index contributed by atoms with van der Waals surface area (Å²) in [5.74, 6) is 0. The minimum atomic E-state index is 0.0358. The summed E-state index contributed by atoms with van der Waals surface area (Å²) in [5.41, 5.74) is 1.92. The molecule has 4 heteroatoms. The molecule has 3 nitrogen and oxygen atoms in total. The highest BCUT2D eigenvalue weighted by Gasteiger charge is 2.05. The SMILES string of the molecule is CC(OCc1cnc(Cl)cn1)c1ccccc1. The van der Waals surface area contributed by atoms with Gasteiger partial charge in [0.2, 0.25) is 0 Å². The Morgan fingerprint density at radius 1 is 1.18 bits per heavy atom. The van der Waals surface area contributed by atoms with Gasteiger partial charge >= 0.3 is 0 Å². The molecule has 88 valence electrons. The van der Waals surface area contributed by atoms with E-state index in [0.717, 1.165) is 11.3 Å². The molecule has 2 rings (SSSR count). The van der Waals surface area contributed by atoms with Gasteiger partial charge in [0.25, 0.3) is 0 Å². The maximum absolute atomic E-state index is 5.71. The molecule has 0 fully saturated rings. The molecule has 1 atom stereocenters. The third-order valence-corrected chi connectivity index (χ3v) is 2.62. The van der Waals surface area contributed by atoms with Gasteiger partial charge < -0.3 is 4.74 Å². The Morgan fingerprint density at radius 2 is 1.94 bits per heavy atom. The Labute approximate surface area is 105 Å². The van der Waals surface area contributed by atoms with E-state index in [-0.39, 0.29) is 6.10 Å². The van der Waals surface area contributed by atoms with Gasteiger partial charge in [0.05, 0.1) is 30.8 Å². The van der Waals surface area contributed by atoms with Gasteiger partial charge in [-0.1, -0.05) is 41.9 Å². The van der Waals surface area contributed by atoms with E-state index < -0.39 is 0 Å². The molecule has 0 N–H and O–H groups in total. The molecule has 0 saturated carbocycles. The standard InChI is InChI=1S/C13H13ClN2O/c1-10(11-5-3-2-4-6-11)17-9-12-7-16-13(14)8-15-12/h2-8,10H,9H2,1H3. The highest BCUT2D eigenvalue weighted by Crippen LogP contribution is 2.17. The Hall–Kier alpha value is -1.45. The molecule has 0 aliphatic rings. The second-order valence-electron chi connectivity index (χ2n) is 3.69. The van der Waals surface area contributed by atoms with Crippen LogP contribution in [0.4, 0.5) is 0 Å². The van der Waals surface area contributed by atoms with Crippen LogP contribution in [0.5, 0.6) is 0 Å². The van der Waals surface area contributed by atoms with Crippen molar-refractivity contribution in [2.24, 2.45) is 0 Å². The van der Waals surface area contributed by atoms with Crippen LogP contribution in [0, 0.1) is 0 Å².